The van der Waals surface area contributed by atoms with Gasteiger partial charge in [-0.3, -0.25) is 9.59 Å². The summed E-state index contributed by atoms with van der Waals surface area (Å²) in [6.45, 7) is 0. The average Bonchev–Trinajstić information content (AvgIpc) is 3.49. The number of carbonyl (C=O) groups is 2. The summed E-state index contributed by atoms with van der Waals surface area (Å²) < 4.78 is 10.7. The van der Waals surface area contributed by atoms with Gasteiger partial charge in [0, 0.05) is 27.1 Å². The average molecular weight is 582 g/mol. The van der Waals surface area contributed by atoms with Crippen LogP contribution in [0.15, 0.2) is 113 Å². The number of benzene rings is 4. The normalized spacial score (nSPS) is 11.4. The van der Waals surface area contributed by atoms with Crippen LogP contribution in [0.5, 0.6) is 11.5 Å². The number of ether oxygens (including phenoxy) is 2. The molecule has 0 fully saturated rings. The lowest BCUT2D eigenvalue weighted by atomic mass is 10.1. The van der Waals surface area contributed by atoms with Crippen LogP contribution >= 0.6 is 23.1 Å². The van der Waals surface area contributed by atoms with E-state index in [0.717, 1.165) is 27.5 Å². The fraction of sp³-hybridized carbons (Fsp3) is 0.0938. The van der Waals surface area contributed by atoms with Gasteiger partial charge in [0.25, 0.3) is 5.91 Å². The second kappa shape index (κ2) is 13.2. The van der Waals surface area contributed by atoms with Gasteiger partial charge in [-0.05, 0) is 60.2 Å². The molecule has 0 saturated carbocycles. The molecule has 0 aliphatic heterocycles. The monoisotopic (exact) mass is 581 g/mol. The molecule has 0 aliphatic carbocycles. The molecule has 7 nitrogen and oxygen atoms in total. The van der Waals surface area contributed by atoms with Crippen molar-refractivity contribution < 1.29 is 19.1 Å². The lowest BCUT2D eigenvalue weighted by molar-refractivity contribution is -0.115. The molecule has 5 rings (SSSR count). The van der Waals surface area contributed by atoms with Crippen molar-refractivity contribution >= 4 is 45.7 Å². The number of methoxy groups -OCH3 is 2. The Balaban J connectivity index is 1.30. The van der Waals surface area contributed by atoms with Gasteiger partial charge in [-0.1, -0.05) is 48.5 Å². The summed E-state index contributed by atoms with van der Waals surface area (Å²) in [5, 5.41) is 7.78. The summed E-state index contributed by atoms with van der Waals surface area (Å²) in [6, 6.07) is 31.6. The summed E-state index contributed by atoms with van der Waals surface area (Å²) in [5.74, 6) is 0.916. The molecule has 0 radical (unpaired) electrons. The van der Waals surface area contributed by atoms with Crippen LogP contribution in [0.2, 0.25) is 0 Å². The van der Waals surface area contributed by atoms with Gasteiger partial charge >= 0.3 is 0 Å². The van der Waals surface area contributed by atoms with E-state index in [2.05, 4.69) is 15.6 Å². The maximum absolute atomic E-state index is 13.6. The highest BCUT2D eigenvalue weighted by Crippen LogP contribution is 2.38. The topological polar surface area (TPSA) is 89.5 Å². The van der Waals surface area contributed by atoms with Crippen LogP contribution in [-0.2, 0) is 4.79 Å². The number of carbonyl (C=O) groups excluding carboxylic acids is 2. The minimum absolute atomic E-state index is 0.183. The number of hydrogen-bond acceptors (Lipinski definition) is 7. The molecule has 0 bridgehead atoms. The molecule has 2 amide bonds. The van der Waals surface area contributed by atoms with Crippen LogP contribution in [0.1, 0.15) is 21.2 Å². The van der Waals surface area contributed by atoms with Crippen LogP contribution in [-0.4, -0.2) is 31.0 Å². The van der Waals surface area contributed by atoms with Crippen molar-refractivity contribution in [3.63, 3.8) is 0 Å². The van der Waals surface area contributed by atoms with Gasteiger partial charge in [0.1, 0.15) is 16.7 Å². The summed E-state index contributed by atoms with van der Waals surface area (Å²) in [6.07, 6.45) is 0. The zero-order valence-electron chi connectivity index (χ0n) is 22.4. The Morgan fingerprint density at radius 1 is 0.829 bits per heavy atom. The Morgan fingerprint density at radius 2 is 1.59 bits per heavy atom. The minimum Gasteiger partial charge on any atom is -0.497 e. The van der Waals surface area contributed by atoms with Gasteiger partial charge < -0.3 is 20.1 Å². The van der Waals surface area contributed by atoms with Crippen molar-refractivity contribution in [2.24, 2.45) is 0 Å². The molecule has 206 valence electrons. The van der Waals surface area contributed by atoms with Gasteiger partial charge in [-0.2, -0.15) is 0 Å². The molecule has 0 spiro atoms. The lowest BCUT2D eigenvalue weighted by Crippen LogP contribution is -2.19. The largest absolute Gasteiger partial charge is 0.497 e. The van der Waals surface area contributed by atoms with Crippen molar-refractivity contribution in [2.75, 3.05) is 24.9 Å². The van der Waals surface area contributed by atoms with E-state index >= 15 is 0 Å². The molecule has 1 heterocycles. The Hall–Kier alpha value is -4.60. The molecule has 5 aromatic rings. The number of rotatable bonds is 10. The highest BCUT2D eigenvalue weighted by atomic mass is 32.2. The SMILES string of the molecule is COc1cccc(C(=O)Nc2ccc(SC(C(=O)Nc3nc(-c4ccccc4OC)cs3)c3ccccc3)cc2)c1. The molecule has 1 aromatic heterocycles. The highest BCUT2D eigenvalue weighted by Gasteiger charge is 2.23. The van der Waals surface area contributed by atoms with Gasteiger partial charge in [-0.15, -0.1) is 23.1 Å². The van der Waals surface area contributed by atoms with Crippen LogP contribution in [0, 0.1) is 0 Å². The fourth-order valence-electron chi connectivity index (χ4n) is 4.10. The molecule has 1 atom stereocenters. The number of nitrogens with zero attached hydrogens (tertiary/aromatic N) is 1. The summed E-state index contributed by atoms with van der Waals surface area (Å²) in [7, 11) is 3.18. The lowest BCUT2D eigenvalue weighted by Gasteiger charge is -2.16. The maximum atomic E-state index is 13.6. The second-order valence-electron chi connectivity index (χ2n) is 8.85. The van der Waals surface area contributed by atoms with Crippen LogP contribution in [0.25, 0.3) is 11.3 Å². The number of anilines is 2. The first-order chi connectivity index (χ1) is 20.0. The van der Waals surface area contributed by atoms with E-state index in [-0.39, 0.29) is 11.8 Å². The Kier molecular flexibility index (Phi) is 8.98. The van der Waals surface area contributed by atoms with Crippen molar-refractivity contribution in [1.29, 1.82) is 0 Å². The first kappa shape index (κ1) is 27.9. The smallest absolute Gasteiger partial charge is 0.255 e. The zero-order chi connectivity index (χ0) is 28.6. The quantitative estimate of drug-likeness (QED) is 0.166. The standard InChI is InChI=1S/C32H27N3O4S2/c1-38-24-12-8-11-22(19-24)30(36)33-23-15-17-25(18-16-23)41-29(21-9-4-3-5-10-21)31(37)35-32-34-27(20-40-32)26-13-6-7-14-28(26)39-2/h3-20,29H,1-2H3,(H,33,36)(H,34,35,37). The van der Waals surface area contributed by atoms with E-state index in [4.69, 9.17) is 9.47 Å². The number of amides is 2. The summed E-state index contributed by atoms with van der Waals surface area (Å²) >= 11 is 2.79. The van der Waals surface area contributed by atoms with Crippen molar-refractivity contribution in [3.8, 4) is 22.8 Å². The summed E-state index contributed by atoms with van der Waals surface area (Å²) in [5.41, 5.74) is 3.61. The predicted molar refractivity (Wildman–Crippen MR) is 165 cm³/mol. The molecule has 0 aliphatic rings. The molecule has 9 heteroatoms. The van der Waals surface area contributed by atoms with Gasteiger partial charge in [-0.25, -0.2) is 4.98 Å². The van der Waals surface area contributed by atoms with Gasteiger partial charge in [0.15, 0.2) is 5.13 Å². The highest BCUT2D eigenvalue weighted by molar-refractivity contribution is 8.00. The predicted octanol–water partition coefficient (Wildman–Crippen LogP) is 7.55. The Labute approximate surface area is 246 Å². The molecule has 0 saturated heterocycles. The van der Waals surface area contributed by atoms with E-state index in [1.54, 1.807) is 38.5 Å². The molecular weight excluding hydrogens is 555 g/mol. The maximum Gasteiger partial charge on any atom is 0.255 e. The second-order valence-corrected chi connectivity index (χ2v) is 10.9. The fourth-order valence-corrected chi connectivity index (χ4v) is 5.84. The number of thioether (sulfide) groups is 1. The number of aromatic nitrogens is 1. The van der Waals surface area contributed by atoms with E-state index in [1.165, 1.54) is 23.1 Å². The Morgan fingerprint density at radius 3 is 2.34 bits per heavy atom. The molecule has 41 heavy (non-hydrogen) atoms. The number of nitrogens with one attached hydrogen (secondary N) is 2. The third-order valence-corrected chi connectivity index (χ3v) is 8.18. The third kappa shape index (κ3) is 6.95. The summed E-state index contributed by atoms with van der Waals surface area (Å²) in [4.78, 5) is 31.7. The zero-order valence-corrected chi connectivity index (χ0v) is 24.0. The van der Waals surface area contributed by atoms with E-state index in [9.17, 15) is 9.59 Å². The first-order valence-corrected chi connectivity index (χ1v) is 14.5. The van der Waals surface area contributed by atoms with Crippen molar-refractivity contribution in [3.05, 3.63) is 120 Å². The van der Waals surface area contributed by atoms with E-state index in [0.29, 0.717) is 22.1 Å². The van der Waals surface area contributed by atoms with Crippen LogP contribution < -0.4 is 20.1 Å². The molecule has 4 aromatic carbocycles. The number of hydrogen-bond donors (Lipinski definition) is 2. The molecular formula is C32H27N3O4S2. The first-order valence-electron chi connectivity index (χ1n) is 12.7. The van der Waals surface area contributed by atoms with Crippen molar-refractivity contribution in [2.45, 2.75) is 10.1 Å². The number of thiazole rings is 1. The minimum atomic E-state index is -0.521. The van der Waals surface area contributed by atoms with Crippen LogP contribution in [0.3, 0.4) is 0 Å². The van der Waals surface area contributed by atoms with E-state index < -0.39 is 5.25 Å². The Bertz CT molecular complexity index is 1640. The number of para-hydroxylation sites is 1. The van der Waals surface area contributed by atoms with Crippen molar-refractivity contribution in [1.82, 2.24) is 4.98 Å². The van der Waals surface area contributed by atoms with E-state index in [1.807, 2.05) is 84.2 Å². The van der Waals surface area contributed by atoms with Crippen LogP contribution in [0.4, 0.5) is 10.8 Å². The van der Waals surface area contributed by atoms with Gasteiger partial charge in [0.05, 0.1) is 19.9 Å². The molecule has 1 unspecified atom stereocenters. The third-order valence-electron chi connectivity index (χ3n) is 6.16. The molecule has 2 N–H and O–H groups in total. The van der Waals surface area contributed by atoms with Gasteiger partial charge in [0.2, 0.25) is 5.91 Å².